The van der Waals surface area contributed by atoms with Gasteiger partial charge in [-0.25, -0.2) is 0 Å². The third-order valence-electron chi connectivity index (χ3n) is 0.934. The van der Waals surface area contributed by atoms with Crippen molar-refractivity contribution in [3.63, 3.8) is 0 Å². The molecule has 0 unspecified atom stereocenters. The molecule has 0 aliphatic heterocycles. The van der Waals surface area contributed by atoms with Crippen molar-refractivity contribution in [1.29, 1.82) is 0 Å². The van der Waals surface area contributed by atoms with Gasteiger partial charge in [-0.1, -0.05) is 12.8 Å². The molecular formula is C8H19NOS. The number of hydrogen-bond acceptors (Lipinski definition) is 3. The number of hydrogen-bond donors (Lipinski definition) is 1. The first kappa shape index (κ1) is 11.3. The van der Waals surface area contributed by atoms with E-state index < -0.39 is 0 Å². The minimum atomic E-state index is -0.172. The molecule has 0 atom stereocenters. The van der Waals surface area contributed by atoms with Crippen molar-refractivity contribution in [2.24, 2.45) is 0 Å². The van der Waals surface area contributed by atoms with Gasteiger partial charge in [0.1, 0.15) is 0 Å². The molecule has 0 aromatic heterocycles. The summed E-state index contributed by atoms with van der Waals surface area (Å²) in [6.07, 6.45) is 0. The predicted molar refractivity (Wildman–Crippen MR) is 51.4 cm³/mol. The maximum absolute atomic E-state index is 5.50. The van der Waals surface area contributed by atoms with E-state index >= 15 is 0 Å². The highest BCUT2D eigenvalue weighted by atomic mass is 32.1. The van der Waals surface area contributed by atoms with Gasteiger partial charge in [0.15, 0.2) is 0 Å². The van der Waals surface area contributed by atoms with E-state index in [9.17, 15) is 0 Å². The summed E-state index contributed by atoms with van der Waals surface area (Å²) in [5.41, 5.74) is -0.231. The van der Waals surface area contributed by atoms with Crippen molar-refractivity contribution in [2.75, 3.05) is 0 Å². The molecule has 0 aromatic rings. The Balaban J connectivity index is 3.99. The molecule has 0 spiro atoms. The van der Waals surface area contributed by atoms with E-state index in [0.29, 0.717) is 0 Å². The standard InChI is InChI=1S/C8H19NOS/c1-7(2,3)9(11)10-8(4,5)6/h11H,1-6H3. The van der Waals surface area contributed by atoms with Crippen LogP contribution in [0.5, 0.6) is 0 Å². The molecule has 0 N–H and O–H groups in total. The average molecular weight is 177 g/mol. The molecular weight excluding hydrogens is 158 g/mol. The van der Waals surface area contributed by atoms with Crippen LogP contribution in [0.3, 0.4) is 0 Å². The minimum absolute atomic E-state index is 0.0591. The summed E-state index contributed by atoms with van der Waals surface area (Å²) in [5.74, 6) is 0. The fourth-order valence-electron chi connectivity index (χ4n) is 0.396. The Morgan fingerprint density at radius 1 is 1.00 bits per heavy atom. The second kappa shape index (κ2) is 3.33. The fourth-order valence-corrected chi connectivity index (χ4v) is 0.641. The van der Waals surface area contributed by atoms with Crippen molar-refractivity contribution < 1.29 is 4.84 Å². The Bertz CT molecular complexity index is 123. The third kappa shape index (κ3) is 5.53. The fraction of sp³-hybridized carbons (Fsp3) is 1.00. The van der Waals surface area contributed by atoms with Crippen molar-refractivity contribution >= 4 is 12.8 Å². The molecule has 0 aromatic carbocycles. The molecule has 0 bridgehead atoms. The molecule has 0 fully saturated rings. The summed E-state index contributed by atoms with van der Waals surface area (Å²) >= 11 is 4.22. The van der Waals surface area contributed by atoms with Crippen LogP contribution in [-0.2, 0) is 4.84 Å². The summed E-state index contributed by atoms with van der Waals surface area (Å²) in [6.45, 7) is 12.1. The summed E-state index contributed by atoms with van der Waals surface area (Å²) in [5, 5.41) is 0. The van der Waals surface area contributed by atoms with Crippen LogP contribution in [0.2, 0.25) is 0 Å². The van der Waals surface area contributed by atoms with Gasteiger partial charge in [-0.3, -0.25) is 4.84 Å². The van der Waals surface area contributed by atoms with E-state index in [1.807, 2.05) is 41.5 Å². The lowest BCUT2D eigenvalue weighted by atomic mass is 10.1. The summed E-state index contributed by atoms with van der Waals surface area (Å²) in [7, 11) is 0. The minimum Gasteiger partial charge on any atom is -0.282 e. The zero-order chi connectivity index (χ0) is 9.28. The number of hydroxylamine groups is 1. The molecule has 0 rings (SSSR count). The second-order valence-electron chi connectivity index (χ2n) is 4.65. The van der Waals surface area contributed by atoms with E-state index in [1.165, 1.54) is 0 Å². The van der Waals surface area contributed by atoms with Gasteiger partial charge >= 0.3 is 0 Å². The Labute approximate surface area is 75.4 Å². The maximum atomic E-state index is 5.50. The third-order valence-corrected chi connectivity index (χ3v) is 1.62. The summed E-state index contributed by atoms with van der Waals surface area (Å²) in [6, 6.07) is 0. The lowest BCUT2D eigenvalue weighted by Crippen LogP contribution is -2.39. The highest BCUT2D eigenvalue weighted by molar-refractivity contribution is 7.77. The smallest absolute Gasteiger partial charge is 0.0827 e. The predicted octanol–water partition coefficient (Wildman–Crippen LogP) is 2.66. The van der Waals surface area contributed by atoms with E-state index in [2.05, 4.69) is 12.8 Å². The maximum Gasteiger partial charge on any atom is 0.0827 e. The van der Waals surface area contributed by atoms with Gasteiger partial charge in [-0.15, -0.1) is 4.47 Å². The molecule has 0 saturated heterocycles. The zero-order valence-corrected chi connectivity index (χ0v) is 9.20. The molecule has 0 saturated carbocycles. The van der Waals surface area contributed by atoms with Gasteiger partial charge in [-0.2, -0.15) is 0 Å². The monoisotopic (exact) mass is 177 g/mol. The van der Waals surface area contributed by atoms with Crippen molar-refractivity contribution in [1.82, 2.24) is 4.47 Å². The normalized spacial score (nSPS) is 14.2. The van der Waals surface area contributed by atoms with Crippen LogP contribution in [0, 0.1) is 0 Å². The Morgan fingerprint density at radius 3 is 1.45 bits per heavy atom. The quantitative estimate of drug-likeness (QED) is 0.488. The average Bonchev–Trinajstić information content (AvgIpc) is 1.56. The first-order valence-corrected chi connectivity index (χ1v) is 4.21. The Kier molecular flexibility index (Phi) is 3.42. The van der Waals surface area contributed by atoms with Crippen LogP contribution in [-0.4, -0.2) is 15.6 Å². The first-order valence-electron chi connectivity index (χ1n) is 3.81. The molecule has 0 amide bonds. The van der Waals surface area contributed by atoms with Crippen molar-refractivity contribution in [3.05, 3.63) is 0 Å². The van der Waals surface area contributed by atoms with Crippen LogP contribution >= 0.6 is 12.8 Å². The first-order chi connectivity index (χ1) is 4.63. The van der Waals surface area contributed by atoms with E-state index in [1.54, 1.807) is 4.47 Å². The Hall–Kier alpha value is 0.270. The summed E-state index contributed by atoms with van der Waals surface area (Å²) < 4.78 is 1.59. The molecule has 0 radical (unpaired) electrons. The van der Waals surface area contributed by atoms with E-state index in [-0.39, 0.29) is 11.1 Å². The highest BCUT2D eigenvalue weighted by Gasteiger charge is 2.24. The van der Waals surface area contributed by atoms with Crippen molar-refractivity contribution in [3.8, 4) is 0 Å². The van der Waals surface area contributed by atoms with E-state index in [4.69, 9.17) is 4.84 Å². The SMILES string of the molecule is CC(C)(C)ON(S)C(C)(C)C. The van der Waals surface area contributed by atoms with Gasteiger partial charge in [0.2, 0.25) is 0 Å². The van der Waals surface area contributed by atoms with Gasteiger partial charge in [0.05, 0.1) is 5.60 Å². The van der Waals surface area contributed by atoms with Gasteiger partial charge in [0, 0.05) is 5.54 Å². The molecule has 0 heterocycles. The number of thiol groups is 1. The Morgan fingerprint density at radius 2 is 1.36 bits per heavy atom. The summed E-state index contributed by atoms with van der Waals surface area (Å²) in [4.78, 5) is 5.50. The van der Waals surface area contributed by atoms with Crippen LogP contribution in [0.15, 0.2) is 0 Å². The lowest BCUT2D eigenvalue weighted by Gasteiger charge is -2.34. The van der Waals surface area contributed by atoms with Gasteiger partial charge in [0.25, 0.3) is 0 Å². The van der Waals surface area contributed by atoms with Crippen molar-refractivity contribution in [2.45, 2.75) is 52.7 Å². The topological polar surface area (TPSA) is 12.5 Å². The zero-order valence-electron chi connectivity index (χ0n) is 8.30. The molecule has 68 valence electrons. The van der Waals surface area contributed by atoms with Crippen LogP contribution in [0.1, 0.15) is 41.5 Å². The molecule has 0 aliphatic rings. The van der Waals surface area contributed by atoms with Gasteiger partial charge < -0.3 is 0 Å². The largest absolute Gasteiger partial charge is 0.282 e. The van der Waals surface area contributed by atoms with E-state index in [0.717, 1.165) is 0 Å². The highest BCUT2D eigenvalue weighted by Crippen LogP contribution is 2.21. The number of rotatable bonds is 1. The number of nitrogens with zero attached hydrogens (tertiary/aromatic N) is 1. The van der Waals surface area contributed by atoms with Crippen LogP contribution < -0.4 is 0 Å². The lowest BCUT2D eigenvalue weighted by molar-refractivity contribution is -0.198. The second-order valence-corrected chi connectivity index (χ2v) is 5.01. The van der Waals surface area contributed by atoms with Crippen LogP contribution in [0.25, 0.3) is 0 Å². The molecule has 2 nitrogen and oxygen atoms in total. The molecule has 0 aliphatic carbocycles. The molecule has 3 heteroatoms. The van der Waals surface area contributed by atoms with Gasteiger partial charge in [-0.05, 0) is 41.5 Å². The van der Waals surface area contributed by atoms with Crippen LogP contribution in [0.4, 0.5) is 0 Å². The molecule has 11 heavy (non-hydrogen) atoms.